The molecular weight excluding hydrogens is 439 g/mol. The van der Waals surface area contributed by atoms with Crippen molar-refractivity contribution in [3.63, 3.8) is 0 Å². The number of hydrogen-bond acceptors (Lipinski definition) is 10. The monoisotopic (exact) mass is 464 g/mol. The lowest BCUT2D eigenvalue weighted by Crippen LogP contribution is -2.46. The van der Waals surface area contributed by atoms with Crippen molar-refractivity contribution in [2.24, 2.45) is 0 Å². The molecule has 0 aliphatic carbocycles. The first-order valence-electron chi connectivity index (χ1n) is 11.1. The zero-order valence-corrected chi connectivity index (χ0v) is 18.5. The lowest BCUT2D eigenvalue weighted by molar-refractivity contribution is -0.108. The van der Waals surface area contributed by atoms with Crippen LogP contribution < -0.4 is 25.6 Å². The molecule has 2 aromatic heterocycles. The maximum absolute atomic E-state index is 14.4. The third kappa shape index (κ3) is 4.99. The number of aldehydes is 1. The molecule has 1 aromatic carbocycles. The van der Waals surface area contributed by atoms with Gasteiger partial charge in [0.1, 0.15) is 18.7 Å². The van der Waals surface area contributed by atoms with E-state index in [4.69, 9.17) is 4.74 Å². The summed E-state index contributed by atoms with van der Waals surface area (Å²) in [6, 6.07) is 11.4. The Kier molecular flexibility index (Phi) is 6.34. The molecule has 0 saturated carbocycles. The van der Waals surface area contributed by atoms with Gasteiger partial charge in [0, 0.05) is 37.6 Å². The Morgan fingerprint density at radius 3 is 2.68 bits per heavy atom. The summed E-state index contributed by atoms with van der Waals surface area (Å²) < 4.78 is 19.9. The van der Waals surface area contributed by atoms with Gasteiger partial charge in [0.15, 0.2) is 23.2 Å². The minimum Gasteiger partial charge on any atom is -0.488 e. The van der Waals surface area contributed by atoms with Crippen molar-refractivity contribution in [3.8, 4) is 5.75 Å². The topological polar surface area (TPSA) is 108 Å². The maximum atomic E-state index is 14.4. The predicted molar refractivity (Wildman–Crippen MR) is 128 cm³/mol. The first kappa shape index (κ1) is 21.8. The van der Waals surface area contributed by atoms with Crippen LogP contribution in [-0.2, 0) is 4.79 Å². The van der Waals surface area contributed by atoms with Crippen molar-refractivity contribution in [2.75, 3.05) is 66.7 Å². The van der Waals surface area contributed by atoms with Crippen LogP contribution in [0.15, 0.2) is 42.6 Å². The number of piperazine rings is 1. The number of rotatable bonds is 7. The smallest absolute Gasteiger partial charge is 0.229 e. The maximum Gasteiger partial charge on any atom is 0.229 e. The third-order valence-electron chi connectivity index (χ3n) is 5.69. The number of hydrogen-bond donors (Lipinski definition) is 3. The van der Waals surface area contributed by atoms with Crippen LogP contribution in [0, 0.1) is 5.82 Å². The van der Waals surface area contributed by atoms with E-state index in [2.05, 4.69) is 40.7 Å². The van der Waals surface area contributed by atoms with E-state index >= 15 is 0 Å². The van der Waals surface area contributed by atoms with E-state index in [1.54, 1.807) is 12.1 Å². The molecule has 3 N–H and O–H groups in total. The van der Waals surface area contributed by atoms with E-state index in [-0.39, 0.29) is 11.8 Å². The normalized spacial score (nSPS) is 15.6. The number of pyridine rings is 1. The third-order valence-corrected chi connectivity index (χ3v) is 5.69. The van der Waals surface area contributed by atoms with Crippen molar-refractivity contribution in [2.45, 2.75) is 0 Å². The predicted octanol–water partition coefficient (Wildman–Crippen LogP) is 2.62. The molecule has 2 aliphatic rings. The Balaban J connectivity index is 1.24. The number of fused-ring (bicyclic) bond motifs is 1. The van der Waals surface area contributed by atoms with Crippen molar-refractivity contribution >= 4 is 41.1 Å². The quantitative estimate of drug-likeness (QED) is 0.452. The molecule has 2 aliphatic heterocycles. The van der Waals surface area contributed by atoms with Crippen LogP contribution in [0.1, 0.15) is 0 Å². The molecule has 0 bridgehead atoms. The van der Waals surface area contributed by atoms with Crippen molar-refractivity contribution < 1.29 is 13.9 Å². The van der Waals surface area contributed by atoms with Gasteiger partial charge in [0.25, 0.3) is 0 Å². The highest BCUT2D eigenvalue weighted by molar-refractivity contribution is 5.63. The Labute approximate surface area is 196 Å². The number of halogens is 1. The van der Waals surface area contributed by atoms with Gasteiger partial charge in [0.05, 0.1) is 19.3 Å². The van der Waals surface area contributed by atoms with E-state index < -0.39 is 5.82 Å². The number of nitrogens with one attached hydrogen (secondary N) is 3. The number of nitrogens with zero attached hydrogens (tertiary/aromatic N) is 5. The van der Waals surface area contributed by atoms with Gasteiger partial charge in [-0.05, 0) is 36.4 Å². The molecule has 1 saturated heterocycles. The molecule has 34 heavy (non-hydrogen) atoms. The summed E-state index contributed by atoms with van der Waals surface area (Å²) in [4.78, 5) is 27.8. The van der Waals surface area contributed by atoms with Crippen LogP contribution in [0.2, 0.25) is 0 Å². The number of benzene rings is 1. The number of carbonyl (C=O) groups is 1. The first-order chi connectivity index (χ1) is 16.7. The molecule has 3 aromatic rings. The zero-order valence-electron chi connectivity index (χ0n) is 18.5. The standard InChI is InChI=1S/C23H25FN8O2/c24-18-15-26-23(30-21(18)28-20-6-5-19-22(29-20)25-7-14-34-19)27-16-1-3-17(4-2-16)32-10-8-31(9-11-32)12-13-33/h1-6,13,15H,7-12,14H2,(H3,25,26,27,28,29,30). The van der Waals surface area contributed by atoms with Gasteiger partial charge in [0.2, 0.25) is 5.95 Å². The highest BCUT2D eigenvalue weighted by Crippen LogP contribution is 2.28. The molecule has 1 fully saturated rings. The number of carbonyl (C=O) groups excluding carboxylic acids is 1. The lowest BCUT2D eigenvalue weighted by atomic mass is 10.2. The molecule has 11 heteroatoms. The number of anilines is 6. The fourth-order valence-corrected chi connectivity index (χ4v) is 3.90. The van der Waals surface area contributed by atoms with E-state index in [1.807, 2.05) is 24.3 Å². The summed E-state index contributed by atoms with van der Waals surface area (Å²) in [6.45, 7) is 5.19. The molecule has 0 radical (unpaired) electrons. The van der Waals surface area contributed by atoms with E-state index in [1.165, 1.54) is 0 Å². The van der Waals surface area contributed by atoms with Crippen molar-refractivity contribution in [1.29, 1.82) is 0 Å². The summed E-state index contributed by atoms with van der Waals surface area (Å²) in [5, 5.41) is 9.17. The average molecular weight is 465 g/mol. The number of aromatic nitrogens is 3. The molecule has 0 amide bonds. The Bertz CT molecular complexity index is 1150. The Hall–Kier alpha value is -3.99. The zero-order chi connectivity index (χ0) is 23.3. The summed E-state index contributed by atoms with van der Waals surface area (Å²) in [5.41, 5.74) is 1.89. The van der Waals surface area contributed by atoms with Crippen LogP contribution in [-0.4, -0.2) is 72.0 Å². The number of ether oxygens (including phenoxy) is 1. The average Bonchev–Trinajstić information content (AvgIpc) is 2.87. The van der Waals surface area contributed by atoms with Gasteiger partial charge < -0.3 is 30.4 Å². The molecule has 5 rings (SSSR count). The summed E-state index contributed by atoms with van der Waals surface area (Å²) in [5.74, 6) is 1.41. The SMILES string of the molecule is O=CCN1CCN(c2ccc(Nc3ncc(F)c(Nc4ccc5c(n4)NCCO5)n3)cc2)CC1. The second-order valence-corrected chi connectivity index (χ2v) is 7.96. The van der Waals surface area contributed by atoms with Gasteiger partial charge in [-0.1, -0.05) is 0 Å². The van der Waals surface area contributed by atoms with Crippen LogP contribution in [0.5, 0.6) is 5.75 Å². The summed E-state index contributed by atoms with van der Waals surface area (Å²) in [6.07, 6.45) is 2.06. The van der Waals surface area contributed by atoms with Crippen LogP contribution in [0.3, 0.4) is 0 Å². The highest BCUT2D eigenvalue weighted by Gasteiger charge is 2.17. The van der Waals surface area contributed by atoms with Crippen molar-refractivity contribution in [3.05, 3.63) is 48.4 Å². The van der Waals surface area contributed by atoms with Gasteiger partial charge >= 0.3 is 0 Å². The second kappa shape index (κ2) is 9.87. The molecule has 0 unspecified atom stereocenters. The fourth-order valence-electron chi connectivity index (χ4n) is 3.90. The van der Waals surface area contributed by atoms with Gasteiger partial charge in [-0.15, -0.1) is 0 Å². The highest BCUT2D eigenvalue weighted by atomic mass is 19.1. The second-order valence-electron chi connectivity index (χ2n) is 7.96. The Morgan fingerprint density at radius 1 is 1.06 bits per heavy atom. The Morgan fingerprint density at radius 2 is 1.88 bits per heavy atom. The van der Waals surface area contributed by atoms with E-state index in [0.717, 1.165) is 50.0 Å². The van der Waals surface area contributed by atoms with Crippen molar-refractivity contribution in [1.82, 2.24) is 19.9 Å². The summed E-state index contributed by atoms with van der Waals surface area (Å²) >= 11 is 0. The van der Waals surface area contributed by atoms with Crippen LogP contribution in [0.4, 0.5) is 39.2 Å². The van der Waals surface area contributed by atoms with Crippen LogP contribution >= 0.6 is 0 Å². The largest absolute Gasteiger partial charge is 0.488 e. The molecule has 0 atom stereocenters. The van der Waals surface area contributed by atoms with Crippen LogP contribution in [0.25, 0.3) is 0 Å². The fraction of sp³-hybridized carbons (Fsp3) is 0.304. The van der Waals surface area contributed by atoms with Gasteiger partial charge in [-0.3, -0.25) is 4.90 Å². The first-order valence-corrected chi connectivity index (χ1v) is 11.1. The van der Waals surface area contributed by atoms with Gasteiger partial charge in [-0.2, -0.15) is 4.98 Å². The minimum absolute atomic E-state index is 0.0199. The molecule has 4 heterocycles. The van der Waals surface area contributed by atoms with E-state index in [0.29, 0.717) is 37.1 Å². The summed E-state index contributed by atoms with van der Waals surface area (Å²) in [7, 11) is 0. The van der Waals surface area contributed by atoms with Gasteiger partial charge in [-0.25, -0.2) is 14.4 Å². The minimum atomic E-state index is -0.585. The molecule has 10 nitrogen and oxygen atoms in total. The molecule has 0 spiro atoms. The van der Waals surface area contributed by atoms with E-state index in [9.17, 15) is 9.18 Å². The molecule has 176 valence electrons. The molecular formula is C23H25FN8O2. The lowest BCUT2D eigenvalue weighted by Gasteiger charge is -2.35.